The Kier molecular flexibility index (Phi) is 6.00. The average molecular weight is 431 g/mol. The van der Waals surface area contributed by atoms with Gasteiger partial charge in [0.1, 0.15) is 5.01 Å². The number of hydrogen-bond donors (Lipinski definition) is 1. The highest BCUT2D eigenvalue weighted by molar-refractivity contribution is 7.13. The quantitative estimate of drug-likeness (QED) is 0.404. The van der Waals surface area contributed by atoms with Crippen molar-refractivity contribution in [2.45, 2.75) is 6.92 Å². The molecule has 0 radical (unpaired) electrons. The minimum absolute atomic E-state index is 0.218. The van der Waals surface area contributed by atoms with E-state index in [0.717, 1.165) is 21.8 Å². The fourth-order valence-corrected chi connectivity index (χ4v) is 4.17. The van der Waals surface area contributed by atoms with E-state index in [1.54, 1.807) is 43.8 Å². The molecule has 0 atom stereocenters. The van der Waals surface area contributed by atoms with E-state index in [1.165, 1.54) is 5.56 Å². The van der Waals surface area contributed by atoms with E-state index in [-0.39, 0.29) is 5.91 Å². The van der Waals surface area contributed by atoms with Crippen LogP contribution in [0.2, 0.25) is 0 Å². The number of anilines is 1. The van der Waals surface area contributed by atoms with E-state index >= 15 is 0 Å². The van der Waals surface area contributed by atoms with Crippen LogP contribution in [0.3, 0.4) is 0 Å². The molecule has 1 heterocycles. The molecule has 31 heavy (non-hydrogen) atoms. The SMILES string of the molecule is COc1ccc(C(=O)Nc2ccc(-c3csc(-c4ccccc4C)n3)cc2)cc1OC. The summed E-state index contributed by atoms with van der Waals surface area (Å²) in [6, 6.07) is 21.0. The van der Waals surface area contributed by atoms with Gasteiger partial charge in [-0.2, -0.15) is 0 Å². The molecule has 1 amide bonds. The monoisotopic (exact) mass is 430 g/mol. The summed E-state index contributed by atoms with van der Waals surface area (Å²) in [6.45, 7) is 2.09. The summed E-state index contributed by atoms with van der Waals surface area (Å²) in [6.07, 6.45) is 0. The number of thiazole rings is 1. The molecular formula is C25H22N2O3S. The molecule has 0 aliphatic rings. The number of benzene rings is 3. The highest BCUT2D eigenvalue weighted by atomic mass is 32.1. The van der Waals surface area contributed by atoms with Crippen molar-refractivity contribution in [3.63, 3.8) is 0 Å². The number of rotatable bonds is 6. The first kappa shape index (κ1) is 20.6. The van der Waals surface area contributed by atoms with Gasteiger partial charge < -0.3 is 14.8 Å². The number of hydrogen-bond acceptors (Lipinski definition) is 5. The Labute approximate surface area is 185 Å². The van der Waals surface area contributed by atoms with Gasteiger partial charge in [0.2, 0.25) is 0 Å². The maximum atomic E-state index is 12.6. The molecule has 0 aliphatic carbocycles. The van der Waals surface area contributed by atoms with Crippen molar-refractivity contribution in [3.05, 3.63) is 83.2 Å². The molecule has 0 bridgehead atoms. The number of amides is 1. The van der Waals surface area contributed by atoms with E-state index in [0.29, 0.717) is 22.7 Å². The van der Waals surface area contributed by atoms with Gasteiger partial charge >= 0.3 is 0 Å². The van der Waals surface area contributed by atoms with Gasteiger partial charge in [0.05, 0.1) is 19.9 Å². The normalized spacial score (nSPS) is 10.5. The van der Waals surface area contributed by atoms with Gasteiger partial charge in [-0.25, -0.2) is 4.98 Å². The Balaban J connectivity index is 1.49. The van der Waals surface area contributed by atoms with E-state index in [4.69, 9.17) is 14.5 Å². The lowest BCUT2D eigenvalue weighted by atomic mass is 10.1. The number of aryl methyl sites for hydroxylation is 1. The van der Waals surface area contributed by atoms with Crippen LogP contribution < -0.4 is 14.8 Å². The Morgan fingerprint density at radius 2 is 1.68 bits per heavy atom. The zero-order chi connectivity index (χ0) is 21.8. The number of ether oxygens (including phenoxy) is 2. The van der Waals surface area contributed by atoms with Crippen molar-refractivity contribution in [1.29, 1.82) is 0 Å². The van der Waals surface area contributed by atoms with Crippen LogP contribution in [0.4, 0.5) is 5.69 Å². The number of nitrogens with zero attached hydrogens (tertiary/aromatic N) is 1. The molecule has 4 aromatic rings. The van der Waals surface area contributed by atoms with E-state index in [1.807, 2.05) is 36.4 Å². The van der Waals surface area contributed by atoms with Gasteiger partial charge in [0.15, 0.2) is 11.5 Å². The third kappa shape index (κ3) is 4.44. The summed E-state index contributed by atoms with van der Waals surface area (Å²) in [7, 11) is 3.10. The zero-order valence-electron chi connectivity index (χ0n) is 17.5. The minimum atomic E-state index is -0.218. The van der Waals surface area contributed by atoms with E-state index in [2.05, 4.69) is 29.8 Å². The lowest BCUT2D eigenvalue weighted by Gasteiger charge is -2.10. The van der Waals surface area contributed by atoms with Crippen LogP contribution in [0.5, 0.6) is 11.5 Å². The Morgan fingerprint density at radius 1 is 0.935 bits per heavy atom. The predicted octanol–water partition coefficient (Wildman–Crippen LogP) is 6.06. The third-order valence-electron chi connectivity index (χ3n) is 4.96. The fourth-order valence-electron chi connectivity index (χ4n) is 3.25. The summed E-state index contributed by atoms with van der Waals surface area (Å²) < 4.78 is 10.5. The van der Waals surface area contributed by atoms with Gasteiger partial charge in [0.25, 0.3) is 5.91 Å². The van der Waals surface area contributed by atoms with Crippen molar-refractivity contribution in [2.75, 3.05) is 19.5 Å². The van der Waals surface area contributed by atoms with Crippen LogP contribution >= 0.6 is 11.3 Å². The van der Waals surface area contributed by atoms with Crippen molar-refractivity contribution in [2.24, 2.45) is 0 Å². The lowest BCUT2D eigenvalue weighted by Crippen LogP contribution is -2.12. The second-order valence-corrected chi connectivity index (χ2v) is 7.81. The van der Waals surface area contributed by atoms with Gasteiger partial charge in [0, 0.05) is 27.8 Å². The third-order valence-corrected chi connectivity index (χ3v) is 5.84. The zero-order valence-corrected chi connectivity index (χ0v) is 18.3. The summed E-state index contributed by atoms with van der Waals surface area (Å²) in [5.41, 5.74) is 5.47. The van der Waals surface area contributed by atoms with E-state index < -0.39 is 0 Å². The second kappa shape index (κ2) is 9.02. The maximum Gasteiger partial charge on any atom is 0.255 e. The van der Waals surface area contributed by atoms with Crippen LogP contribution in [-0.4, -0.2) is 25.1 Å². The highest BCUT2D eigenvalue weighted by Gasteiger charge is 2.12. The summed E-state index contributed by atoms with van der Waals surface area (Å²) >= 11 is 1.63. The van der Waals surface area contributed by atoms with Crippen molar-refractivity contribution < 1.29 is 14.3 Å². The molecule has 4 rings (SSSR count). The molecule has 0 saturated heterocycles. The van der Waals surface area contributed by atoms with Crippen LogP contribution in [0.15, 0.2) is 72.1 Å². The number of carbonyl (C=O) groups excluding carboxylic acids is 1. The van der Waals surface area contributed by atoms with Crippen LogP contribution in [-0.2, 0) is 0 Å². The second-order valence-electron chi connectivity index (χ2n) is 6.95. The summed E-state index contributed by atoms with van der Waals surface area (Å²) in [4.78, 5) is 17.4. The number of methoxy groups -OCH3 is 2. The molecule has 0 spiro atoms. The Morgan fingerprint density at radius 3 is 2.39 bits per heavy atom. The number of aromatic nitrogens is 1. The molecule has 6 heteroatoms. The number of nitrogens with one attached hydrogen (secondary N) is 1. The van der Waals surface area contributed by atoms with Crippen LogP contribution in [0.25, 0.3) is 21.8 Å². The minimum Gasteiger partial charge on any atom is -0.493 e. The first-order valence-electron chi connectivity index (χ1n) is 9.74. The van der Waals surface area contributed by atoms with Crippen molar-refractivity contribution >= 4 is 22.9 Å². The molecule has 5 nitrogen and oxygen atoms in total. The molecule has 1 aromatic heterocycles. The Hall–Kier alpha value is -3.64. The molecular weight excluding hydrogens is 408 g/mol. The summed E-state index contributed by atoms with van der Waals surface area (Å²) in [5, 5.41) is 5.96. The topological polar surface area (TPSA) is 60.5 Å². The first-order chi connectivity index (χ1) is 15.1. The lowest BCUT2D eigenvalue weighted by molar-refractivity contribution is 0.102. The van der Waals surface area contributed by atoms with Crippen LogP contribution in [0.1, 0.15) is 15.9 Å². The van der Waals surface area contributed by atoms with Gasteiger partial charge in [-0.05, 0) is 42.8 Å². The molecule has 1 N–H and O–H groups in total. The Bertz CT molecular complexity index is 1220. The standard InChI is InChI=1S/C25H22N2O3S/c1-16-6-4-5-7-20(16)25-27-21(15-31-25)17-8-11-19(12-9-17)26-24(28)18-10-13-22(29-2)23(14-18)30-3/h4-15H,1-3H3,(H,26,28). The van der Waals surface area contributed by atoms with Crippen molar-refractivity contribution in [3.8, 4) is 33.3 Å². The predicted molar refractivity (Wildman–Crippen MR) is 125 cm³/mol. The molecule has 0 fully saturated rings. The van der Waals surface area contributed by atoms with Gasteiger partial charge in [-0.1, -0.05) is 36.4 Å². The fraction of sp³-hybridized carbons (Fsp3) is 0.120. The van der Waals surface area contributed by atoms with Gasteiger partial charge in [-0.3, -0.25) is 4.79 Å². The maximum absolute atomic E-state index is 12.6. The summed E-state index contributed by atoms with van der Waals surface area (Å²) in [5.74, 6) is 0.874. The first-order valence-corrected chi connectivity index (χ1v) is 10.6. The smallest absolute Gasteiger partial charge is 0.255 e. The van der Waals surface area contributed by atoms with Crippen molar-refractivity contribution in [1.82, 2.24) is 4.98 Å². The van der Waals surface area contributed by atoms with E-state index in [9.17, 15) is 4.79 Å². The van der Waals surface area contributed by atoms with Gasteiger partial charge in [-0.15, -0.1) is 11.3 Å². The molecule has 0 saturated carbocycles. The number of carbonyl (C=O) groups is 1. The largest absolute Gasteiger partial charge is 0.493 e. The van der Waals surface area contributed by atoms with Crippen LogP contribution in [0, 0.1) is 6.92 Å². The molecule has 156 valence electrons. The highest BCUT2D eigenvalue weighted by Crippen LogP contribution is 2.31. The molecule has 3 aromatic carbocycles. The molecule has 0 unspecified atom stereocenters. The average Bonchev–Trinajstić information content (AvgIpc) is 3.29. The molecule has 0 aliphatic heterocycles.